The average Bonchev–Trinajstić information content (AvgIpc) is 3.17. The molecule has 0 spiro atoms. The van der Waals surface area contributed by atoms with Gasteiger partial charge in [0.25, 0.3) is 0 Å². The third kappa shape index (κ3) is 6.41. The van der Waals surface area contributed by atoms with E-state index in [0.717, 1.165) is 16.7 Å². The summed E-state index contributed by atoms with van der Waals surface area (Å²) in [7, 11) is 0. The van der Waals surface area contributed by atoms with Crippen LogP contribution in [-0.2, 0) is 18.9 Å². The lowest BCUT2D eigenvalue weighted by Crippen LogP contribution is -2.42. The van der Waals surface area contributed by atoms with E-state index in [9.17, 15) is 19.5 Å². The van der Waals surface area contributed by atoms with Crippen LogP contribution in [0.5, 0.6) is 0 Å². The summed E-state index contributed by atoms with van der Waals surface area (Å²) < 4.78 is 22.1. The highest BCUT2D eigenvalue weighted by atomic mass is 16.7. The van der Waals surface area contributed by atoms with Crippen LogP contribution in [0.3, 0.4) is 0 Å². The maximum absolute atomic E-state index is 12.9. The molecule has 1 aliphatic rings. The van der Waals surface area contributed by atoms with Crippen LogP contribution >= 0.6 is 0 Å². The quantitative estimate of drug-likeness (QED) is 0.381. The lowest BCUT2D eigenvalue weighted by molar-refractivity contribution is -0.135. The van der Waals surface area contributed by atoms with Crippen molar-refractivity contribution in [3.63, 3.8) is 0 Å². The lowest BCUT2D eigenvalue weighted by Gasteiger charge is -2.23. The first-order valence-electron chi connectivity index (χ1n) is 11.8. The number of hydrogen-bond donors (Lipinski definition) is 1. The fraction of sp³-hybridized carbons (Fsp3) is 0.276. The van der Waals surface area contributed by atoms with Gasteiger partial charge in [0, 0.05) is 0 Å². The van der Waals surface area contributed by atoms with Crippen molar-refractivity contribution in [1.29, 1.82) is 0 Å². The SMILES string of the molecule is Cc1ccc(C(=O)OC[C@@H]2OC(O)[C@@H](OC(=O)c3ccc(C)cc3)[C@H]2OC(=O)c2ccc(C)cc2)cc1. The first-order chi connectivity index (χ1) is 17.7. The van der Waals surface area contributed by atoms with Crippen molar-refractivity contribution in [2.75, 3.05) is 6.61 Å². The van der Waals surface area contributed by atoms with Crippen LogP contribution < -0.4 is 0 Å². The zero-order chi connectivity index (χ0) is 26.5. The number of carbonyl (C=O) groups excluding carboxylic acids is 3. The van der Waals surface area contributed by atoms with Crippen LogP contribution in [0.1, 0.15) is 47.8 Å². The van der Waals surface area contributed by atoms with Gasteiger partial charge in [-0.2, -0.15) is 0 Å². The number of rotatable bonds is 7. The van der Waals surface area contributed by atoms with Crippen LogP contribution in [0.15, 0.2) is 72.8 Å². The van der Waals surface area contributed by atoms with Gasteiger partial charge in [-0.05, 0) is 57.2 Å². The molecule has 1 heterocycles. The van der Waals surface area contributed by atoms with E-state index >= 15 is 0 Å². The van der Waals surface area contributed by atoms with Crippen LogP contribution in [-0.4, -0.2) is 54.2 Å². The Bertz CT molecular complexity index is 1250. The molecule has 1 fully saturated rings. The van der Waals surface area contributed by atoms with E-state index in [4.69, 9.17) is 18.9 Å². The predicted molar refractivity (Wildman–Crippen MR) is 133 cm³/mol. The highest BCUT2D eigenvalue weighted by Crippen LogP contribution is 2.28. The number of benzene rings is 3. The van der Waals surface area contributed by atoms with Crippen molar-refractivity contribution in [1.82, 2.24) is 0 Å². The molecule has 0 amide bonds. The van der Waals surface area contributed by atoms with Crippen molar-refractivity contribution < 1.29 is 38.4 Å². The molecule has 3 aromatic carbocycles. The summed E-state index contributed by atoms with van der Waals surface area (Å²) in [6, 6.07) is 20.2. The second kappa shape index (κ2) is 11.4. The Kier molecular flexibility index (Phi) is 8.01. The molecule has 1 aliphatic heterocycles. The minimum Gasteiger partial charge on any atom is -0.459 e. The zero-order valence-corrected chi connectivity index (χ0v) is 20.7. The van der Waals surface area contributed by atoms with Gasteiger partial charge >= 0.3 is 17.9 Å². The highest BCUT2D eigenvalue weighted by Gasteiger charge is 2.50. The van der Waals surface area contributed by atoms with Gasteiger partial charge in [-0.15, -0.1) is 0 Å². The zero-order valence-electron chi connectivity index (χ0n) is 20.7. The molecule has 8 heteroatoms. The van der Waals surface area contributed by atoms with Crippen LogP contribution in [0, 0.1) is 20.8 Å². The Hall–Kier alpha value is -4.01. The molecule has 8 nitrogen and oxygen atoms in total. The van der Waals surface area contributed by atoms with E-state index in [2.05, 4.69) is 0 Å². The predicted octanol–water partition coefficient (Wildman–Crippen LogP) is 3.94. The first kappa shape index (κ1) is 26.1. The Morgan fingerprint density at radius 2 is 1.03 bits per heavy atom. The third-order valence-electron chi connectivity index (χ3n) is 6.01. The molecule has 4 rings (SSSR count). The molecule has 0 radical (unpaired) electrons. The molecular weight excluding hydrogens is 476 g/mol. The normalized spacial score (nSPS) is 20.8. The standard InChI is InChI=1S/C29H28O8/c1-17-4-10-20(11-5-17)26(30)34-16-23-24(36-27(31)21-12-6-18(2)7-13-21)25(29(33)35-23)37-28(32)22-14-8-19(3)9-15-22/h4-15,23-25,29,33H,16H2,1-3H3/t23-,24-,25-,29?/m0/s1. The summed E-state index contributed by atoms with van der Waals surface area (Å²) in [6.07, 6.45) is -5.25. The summed E-state index contributed by atoms with van der Waals surface area (Å²) in [5, 5.41) is 10.6. The monoisotopic (exact) mass is 504 g/mol. The van der Waals surface area contributed by atoms with Gasteiger partial charge in [-0.3, -0.25) is 0 Å². The molecule has 0 bridgehead atoms. The molecule has 0 aromatic heterocycles. The van der Waals surface area contributed by atoms with Crippen LogP contribution in [0.4, 0.5) is 0 Å². The Morgan fingerprint density at radius 3 is 1.46 bits per heavy atom. The number of ether oxygens (including phenoxy) is 4. The van der Waals surface area contributed by atoms with E-state index in [1.807, 2.05) is 20.8 Å². The van der Waals surface area contributed by atoms with Gasteiger partial charge in [0.2, 0.25) is 0 Å². The largest absolute Gasteiger partial charge is 0.459 e. The minimum absolute atomic E-state index is 0.260. The molecule has 192 valence electrons. The minimum atomic E-state index is -1.60. The second-order valence-corrected chi connectivity index (χ2v) is 9.00. The summed E-state index contributed by atoms with van der Waals surface area (Å²) in [5.74, 6) is -2.03. The van der Waals surface area contributed by atoms with Crippen molar-refractivity contribution in [2.24, 2.45) is 0 Å². The summed E-state index contributed by atoms with van der Waals surface area (Å²) >= 11 is 0. The maximum atomic E-state index is 12.9. The molecule has 1 saturated heterocycles. The van der Waals surface area contributed by atoms with Gasteiger partial charge in [0.05, 0.1) is 16.7 Å². The molecule has 3 aromatic rings. The number of aliphatic hydroxyl groups is 1. The molecule has 0 aliphatic carbocycles. The van der Waals surface area contributed by atoms with Crippen molar-refractivity contribution in [3.05, 3.63) is 106 Å². The van der Waals surface area contributed by atoms with E-state index in [0.29, 0.717) is 5.56 Å². The maximum Gasteiger partial charge on any atom is 0.338 e. The van der Waals surface area contributed by atoms with Gasteiger partial charge in [0.1, 0.15) is 12.7 Å². The highest BCUT2D eigenvalue weighted by molar-refractivity contribution is 5.91. The molecule has 1 N–H and O–H groups in total. The topological polar surface area (TPSA) is 108 Å². The van der Waals surface area contributed by atoms with E-state index in [1.54, 1.807) is 72.8 Å². The van der Waals surface area contributed by atoms with Crippen molar-refractivity contribution >= 4 is 17.9 Å². The lowest BCUT2D eigenvalue weighted by atomic mass is 10.1. The smallest absolute Gasteiger partial charge is 0.338 e. The Labute approximate surface area is 214 Å². The van der Waals surface area contributed by atoms with Gasteiger partial charge in [0.15, 0.2) is 18.5 Å². The molecule has 1 unspecified atom stereocenters. The number of hydrogen-bond acceptors (Lipinski definition) is 8. The van der Waals surface area contributed by atoms with Gasteiger partial charge in [-0.25, -0.2) is 14.4 Å². The molecule has 37 heavy (non-hydrogen) atoms. The summed E-state index contributed by atoms with van der Waals surface area (Å²) in [6.45, 7) is 5.32. The Morgan fingerprint density at radius 1 is 0.649 bits per heavy atom. The van der Waals surface area contributed by atoms with Gasteiger partial charge < -0.3 is 24.1 Å². The van der Waals surface area contributed by atoms with Crippen molar-refractivity contribution in [3.8, 4) is 0 Å². The van der Waals surface area contributed by atoms with E-state index in [1.165, 1.54) is 0 Å². The molecular formula is C29H28O8. The first-order valence-corrected chi connectivity index (χ1v) is 11.8. The van der Waals surface area contributed by atoms with Gasteiger partial charge in [-0.1, -0.05) is 53.1 Å². The number of aryl methyl sites for hydroxylation is 3. The third-order valence-corrected chi connectivity index (χ3v) is 6.01. The number of esters is 3. The number of aliphatic hydroxyl groups excluding tert-OH is 1. The average molecular weight is 505 g/mol. The Balaban J connectivity index is 1.52. The summed E-state index contributed by atoms with van der Waals surface area (Å²) in [4.78, 5) is 38.2. The molecule has 4 atom stereocenters. The van der Waals surface area contributed by atoms with E-state index < -0.39 is 42.5 Å². The van der Waals surface area contributed by atoms with E-state index in [-0.39, 0.29) is 17.7 Å². The summed E-state index contributed by atoms with van der Waals surface area (Å²) in [5.41, 5.74) is 3.77. The van der Waals surface area contributed by atoms with Crippen LogP contribution in [0.2, 0.25) is 0 Å². The molecule has 0 saturated carbocycles. The van der Waals surface area contributed by atoms with Crippen LogP contribution in [0.25, 0.3) is 0 Å². The number of carbonyl (C=O) groups is 3. The van der Waals surface area contributed by atoms with Crippen molar-refractivity contribution in [2.45, 2.75) is 45.4 Å². The second-order valence-electron chi connectivity index (χ2n) is 9.00. The fourth-order valence-electron chi connectivity index (χ4n) is 3.80. The fourth-order valence-corrected chi connectivity index (χ4v) is 3.80.